The van der Waals surface area contributed by atoms with Crippen LogP contribution in [0.1, 0.15) is 0 Å². The molecule has 0 aliphatic rings. The summed E-state index contributed by atoms with van der Waals surface area (Å²) in [4.78, 5) is 2.33. The van der Waals surface area contributed by atoms with E-state index in [2.05, 4.69) is 169 Å². The van der Waals surface area contributed by atoms with Gasteiger partial charge in [-0.2, -0.15) is 0 Å². The first-order chi connectivity index (χ1) is 25.7. The lowest BCUT2D eigenvalue weighted by atomic mass is 10.0. The Bertz CT molecular complexity index is 3130. The number of fused-ring (bicyclic) bond motifs is 9. The van der Waals surface area contributed by atoms with E-state index in [9.17, 15) is 0 Å². The van der Waals surface area contributed by atoms with Gasteiger partial charge in [-0.05, 0) is 82.9 Å². The summed E-state index contributed by atoms with van der Waals surface area (Å²) in [6.07, 6.45) is 0. The zero-order valence-corrected chi connectivity index (χ0v) is 29.5. The van der Waals surface area contributed by atoms with Gasteiger partial charge in [0.1, 0.15) is 11.2 Å². The summed E-state index contributed by atoms with van der Waals surface area (Å²) in [5.41, 5.74) is 9.89. The van der Waals surface area contributed by atoms with Gasteiger partial charge in [0.2, 0.25) is 0 Å². The van der Waals surface area contributed by atoms with E-state index in [1.54, 1.807) is 0 Å². The third-order valence-corrected chi connectivity index (χ3v) is 12.7. The Balaban J connectivity index is 1.01. The number of hydrogen-bond donors (Lipinski definition) is 0. The molecule has 0 fully saturated rings. The average molecular weight is 700 g/mol. The molecule has 52 heavy (non-hydrogen) atoms. The van der Waals surface area contributed by atoms with Crippen molar-refractivity contribution < 1.29 is 4.42 Å². The summed E-state index contributed by atoms with van der Waals surface area (Å²) in [7, 11) is 0. The van der Waals surface area contributed by atoms with E-state index in [-0.39, 0.29) is 0 Å². The molecule has 0 unspecified atom stereocenters. The van der Waals surface area contributed by atoms with Gasteiger partial charge in [0.15, 0.2) is 0 Å². The second kappa shape index (κ2) is 11.7. The van der Waals surface area contributed by atoms with Crippen molar-refractivity contribution in [3.63, 3.8) is 0 Å². The molecule has 0 saturated carbocycles. The number of para-hydroxylation sites is 1. The highest BCUT2D eigenvalue weighted by molar-refractivity contribution is 7.26. The lowest BCUT2D eigenvalue weighted by Gasteiger charge is -2.26. The van der Waals surface area contributed by atoms with Crippen LogP contribution in [0.2, 0.25) is 0 Å². The van der Waals surface area contributed by atoms with Crippen LogP contribution in [-0.2, 0) is 0 Å². The van der Waals surface area contributed by atoms with Crippen LogP contribution in [0.25, 0.3) is 84.5 Å². The molecule has 0 amide bonds. The van der Waals surface area contributed by atoms with Crippen LogP contribution in [0, 0.1) is 0 Å². The highest BCUT2D eigenvalue weighted by atomic mass is 32.1. The van der Waals surface area contributed by atoms with Crippen LogP contribution >= 0.6 is 22.7 Å². The molecule has 0 N–H and O–H groups in total. The highest BCUT2D eigenvalue weighted by Gasteiger charge is 2.17. The van der Waals surface area contributed by atoms with Crippen molar-refractivity contribution in [3.8, 4) is 22.3 Å². The minimum atomic E-state index is 0.880. The number of anilines is 3. The van der Waals surface area contributed by atoms with Crippen LogP contribution in [0.5, 0.6) is 0 Å². The molecule has 8 aromatic carbocycles. The van der Waals surface area contributed by atoms with Gasteiger partial charge < -0.3 is 9.32 Å². The second-order valence-electron chi connectivity index (χ2n) is 13.3. The van der Waals surface area contributed by atoms with Crippen molar-refractivity contribution in [3.05, 3.63) is 176 Å². The lowest BCUT2D eigenvalue weighted by molar-refractivity contribution is 0.669. The quantitative estimate of drug-likeness (QED) is 0.178. The first-order valence-corrected chi connectivity index (χ1v) is 19.1. The summed E-state index contributed by atoms with van der Waals surface area (Å²) in [5, 5.41) is 7.54. The molecule has 11 rings (SSSR count). The molecule has 0 bridgehead atoms. The second-order valence-corrected chi connectivity index (χ2v) is 15.4. The van der Waals surface area contributed by atoms with Crippen molar-refractivity contribution >= 4 is 102 Å². The van der Waals surface area contributed by atoms with E-state index in [0.29, 0.717) is 0 Å². The third-order valence-electron chi connectivity index (χ3n) is 10.3. The lowest BCUT2D eigenvalue weighted by Crippen LogP contribution is -2.09. The smallest absolute Gasteiger partial charge is 0.137 e. The molecular formula is C48H29NOS2. The summed E-state index contributed by atoms with van der Waals surface area (Å²) < 4.78 is 11.7. The predicted molar refractivity (Wildman–Crippen MR) is 225 cm³/mol. The molecule has 3 heterocycles. The monoisotopic (exact) mass is 699 g/mol. The van der Waals surface area contributed by atoms with Crippen molar-refractivity contribution in [1.29, 1.82) is 0 Å². The Morgan fingerprint density at radius 1 is 0.346 bits per heavy atom. The van der Waals surface area contributed by atoms with Crippen molar-refractivity contribution in [2.45, 2.75) is 0 Å². The van der Waals surface area contributed by atoms with Gasteiger partial charge in [-0.15, -0.1) is 22.7 Å². The first kappa shape index (κ1) is 29.5. The molecule has 0 aliphatic carbocycles. The maximum absolute atomic E-state index is 6.37. The zero-order chi connectivity index (χ0) is 34.2. The fraction of sp³-hybridized carbons (Fsp3) is 0. The Labute approximate surface area is 308 Å². The molecule has 4 heteroatoms. The molecule has 0 spiro atoms. The number of rotatable bonds is 5. The molecule has 0 atom stereocenters. The zero-order valence-electron chi connectivity index (χ0n) is 27.9. The van der Waals surface area contributed by atoms with Gasteiger partial charge in [0.05, 0.1) is 0 Å². The number of nitrogens with zero attached hydrogens (tertiary/aromatic N) is 1. The molecule has 3 aromatic heterocycles. The molecule has 244 valence electrons. The Hall–Kier alpha value is -6.20. The summed E-state index contributed by atoms with van der Waals surface area (Å²) in [5.74, 6) is 0. The topological polar surface area (TPSA) is 16.4 Å². The van der Waals surface area contributed by atoms with E-state index in [1.807, 2.05) is 34.8 Å². The molecule has 2 nitrogen and oxygen atoms in total. The van der Waals surface area contributed by atoms with E-state index in [1.165, 1.54) is 62.6 Å². The first-order valence-electron chi connectivity index (χ1n) is 17.5. The maximum atomic E-state index is 6.37. The van der Waals surface area contributed by atoms with E-state index >= 15 is 0 Å². The van der Waals surface area contributed by atoms with Crippen LogP contribution in [0.4, 0.5) is 17.1 Å². The van der Waals surface area contributed by atoms with Gasteiger partial charge in [0, 0.05) is 74.2 Å². The van der Waals surface area contributed by atoms with E-state index in [0.717, 1.165) is 39.0 Å². The fourth-order valence-electron chi connectivity index (χ4n) is 7.77. The minimum Gasteiger partial charge on any atom is -0.456 e. The van der Waals surface area contributed by atoms with Crippen molar-refractivity contribution in [1.82, 2.24) is 0 Å². The van der Waals surface area contributed by atoms with E-state index in [4.69, 9.17) is 4.42 Å². The van der Waals surface area contributed by atoms with Gasteiger partial charge in [-0.1, -0.05) is 109 Å². The van der Waals surface area contributed by atoms with Crippen LogP contribution in [0.15, 0.2) is 180 Å². The maximum Gasteiger partial charge on any atom is 0.137 e. The van der Waals surface area contributed by atoms with E-state index < -0.39 is 0 Å². The molecule has 0 aliphatic heterocycles. The van der Waals surface area contributed by atoms with Gasteiger partial charge in [0.25, 0.3) is 0 Å². The third kappa shape index (κ3) is 4.69. The standard InChI is InChI=1S/C48H29NOS2/c1-4-13-43-37(8-1)38-27-25-35(29-44(38)50-43)49(33-21-16-30(17-22-33)32-20-26-41-39-9-2-5-14-45(39)51-47(41)28-32)34-23-18-31(19-24-34)36-11-7-12-42-40-10-3-6-15-46(40)52-48(36)42/h1-29H. The number of hydrogen-bond acceptors (Lipinski definition) is 4. The molecule has 0 radical (unpaired) electrons. The predicted octanol–water partition coefficient (Wildman–Crippen LogP) is 15.1. The Morgan fingerprint density at radius 3 is 1.69 bits per heavy atom. The normalized spacial score (nSPS) is 11.8. The van der Waals surface area contributed by atoms with Crippen molar-refractivity contribution in [2.75, 3.05) is 4.90 Å². The molecular weight excluding hydrogens is 671 g/mol. The van der Waals surface area contributed by atoms with Crippen LogP contribution in [-0.4, -0.2) is 0 Å². The van der Waals surface area contributed by atoms with Crippen LogP contribution in [0.3, 0.4) is 0 Å². The van der Waals surface area contributed by atoms with Gasteiger partial charge in [-0.3, -0.25) is 0 Å². The Kier molecular flexibility index (Phi) is 6.63. The Morgan fingerprint density at radius 2 is 0.904 bits per heavy atom. The number of furan rings is 1. The number of benzene rings is 8. The SMILES string of the molecule is c1ccc2c(c1)oc1cc(N(c3ccc(-c4ccc5c(c4)sc4ccccc45)cc3)c3ccc(-c4cccc5c4sc4ccccc45)cc3)ccc12. The minimum absolute atomic E-state index is 0.880. The molecule has 0 saturated heterocycles. The fourth-order valence-corrected chi connectivity index (χ4v) is 10.2. The van der Waals surface area contributed by atoms with Crippen molar-refractivity contribution in [2.24, 2.45) is 0 Å². The largest absolute Gasteiger partial charge is 0.456 e. The van der Waals surface area contributed by atoms with Crippen LogP contribution < -0.4 is 4.90 Å². The van der Waals surface area contributed by atoms with Gasteiger partial charge >= 0.3 is 0 Å². The van der Waals surface area contributed by atoms with Gasteiger partial charge in [-0.25, -0.2) is 0 Å². The highest BCUT2D eigenvalue weighted by Crippen LogP contribution is 2.43. The molecule has 11 aromatic rings. The summed E-state index contributed by atoms with van der Waals surface area (Å²) in [6, 6.07) is 63.7. The summed E-state index contributed by atoms with van der Waals surface area (Å²) in [6.45, 7) is 0. The summed E-state index contributed by atoms with van der Waals surface area (Å²) >= 11 is 3.73. The number of thiophene rings is 2. The average Bonchev–Trinajstić information content (AvgIpc) is 3.89.